The van der Waals surface area contributed by atoms with E-state index in [4.69, 9.17) is 9.15 Å². The molecule has 0 bridgehead atoms. The Morgan fingerprint density at radius 3 is 2.67 bits per heavy atom. The van der Waals surface area contributed by atoms with Crippen molar-refractivity contribution in [2.45, 2.75) is 40.2 Å². The predicted molar refractivity (Wildman–Crippen MR) is 84.1 cm³/mol. The molecule has 1 aromatic carbocycles. The summed E-state index contributed by atoms with van der Waals surface area (Å²) in [5.74, 6) is 3.05. The predicted octanol–water partition coefficient (Wildman–Crippen LogP) is 3.84. The van der Waals surface area contributed by atoms with Crippen molar-refractivity contribution in [3.8, 4) is 5.75 Å². The molecule has 3 rings (SSSR count). The second kappa shape index (κ2) is 5.57. The zero-order chi connectivity index (χ0) is 15.0. The molecule has 2 heterocycles. The van der Waals surface area contributed by atoms with E-state index in [1.165, 1.54) is 22.3 Å². The van der Waals surface area contributed by atoms with Gasteiger partial charge in [-0.1, -0.05) is 25.1 Å². The molecule has 1 unspecified atom stereocenters. The van der Waals surface area contributed by atoms with E-state index in [0.29, 0.717) is 0 Å². The van der Waals surface area contributed by atoms with Crippen LogP contribution in [0.5, 0.6) is 5.75 Å². The summed E-state index contributed by atoms with van der Waals surface area (Å²) in [7, 11) is 0. The third-order valence-electron chi connectivity index (χ3n) is 4.37. The largest absolute Gasteiger partial charge is 0.493 e. The zero-order valence-electron chi connectivity index (χ0n) is 13.2. The van der Waals surface area contributed by atoms with E-state index in [-0.39, 0.29) is 6.04 Å². The zero-order valence-corrected chi connectivity index (χ0v) is 13.2. The van der Waals surface area contributed by atoms with Crippen LogP contribution in [0.4, 0.5) is 0 Å². The molecule has 0 amide bonds. The van der Waals surface area contributed by atoms with Gasteiger partial charge in [-0.25, -0.2) is 0 Å². The minimum absolute atomic E-state index is 0.125. The van der Waals surface area contributed by atoms with Crippen LogP contribution >= 0.6 is 0 Å². The van der Waals surface area contributed by atoms with Gasteiger partial charge in [-0.3, -0.25) is 0 Å². The average molecular weight is 285 g/mol. The number of aryl methyl sites for hydroxylation is 2. The quantitative estimate of drug-likeness (QED) is 0.927. The lowest BCUT2D eigenvalue weighted by Crippen LogP contribution is -2.23. The van der Waals surface area contributed by atoms with E-state index in [9.17, 15) is 0 Å². The molecule has 0 saturated carbocycles. The third-order valence-corrected chi connectivity index (χ3v) is 4.37. The molecule has 2 aromatic rings. The van der Waals surface area contributed by atoms with Crippen LogP contribution < -0.4 is 10.1 Å². The number of benzene rings is 1. The Kier molecular flexibility index (Phi) is 3.77. The fraction of sp³-hybridized carbons (Fsp3) is 0.444. The molecule has 1 N–H and O–H groups in total. The van der Waals surface area contributed by atoms with Gasteiger partial charge in [-0.15, -0.1) is 0 Å². The molecular weight excluding hydrogens is 262 g/mol. The van der Waals surface area contributed by atoms with Crippen molar-refractivity contribution in [3.63, 3.8) is 0 Å². The maximum absolute atomic E-state index is 5.89. The molecule has 0 saturated heterocycles. The second-order valence-electron chi connectivity index (χ2n) is 5.68. The second-order valence-corrected chi connectivity index (χ2v) is 5.68. The van der Waals surface area contributed by atoms with Gasteiger partial charge in [0.25, 0.3) is 0 Å². The normalized spacial score (nSPS) is 14.9. The number of para-hydroxylation sites is 1. The number of hydrogen-bond acceptors (Lipinski definition) is 3. The first kappa shape index (κ1) is 14.2. The molecule has 1 aliphatic heterocycles. The number of hydrogen-bond donors (Lipinski definition) is 1. The van der Waals surface area contributed by atoms with Crippen molar-refractivity contribution >= 4 is 0 Å². The highest BCUT2D eigenvalue weighted by Gasteiger charge is 2.27. The summed E-state index contributed by atoms with van der Waals surface area (Å²) in [6.07, 6.45) is 1.00. The molecule has 1 aromatic heterocycles. The highest BCUT2D eigenvalue weighted by molar-refractivity contribution is 5.50. The van der Waals surface area contributed by atoms with Crippen molar-refractivity contribution in [1.29, 1.82) is 0 Å². The summed E-state index contributed by atoms with van der Waals surface area (Å²) in [5, 5.41) is 3.60. The van der Waals surface area contributed by atoms with Gasteiger partial charge in [0.2, 0.25) is 0 Å². The molecule has 0 aliphatic carbocycles. The minimum Gasteiger partial charge on any atom is -0.493 e. The average Bonchev–Trinajstić information content (AvgIpc) is 3.03. The minimum atomic E-state index is 0.125. The first-order valence-corrected chi connectivity index (χ1v) is 7.68. The molecular formula is C18H23NO2. The lowest BCUT2D eigenvalue weighted by atomic mass is 9.93. The molecule has 0 radical (unpaired) electrons. The van der Waals surface area contributed by atoms with Crippen LogP contribution in [0.1, 0.15) is 46.7 Å². The van der Waals surface area contributed by atoms with E-state index in [1.807, 2.05) is 13.8 Å². The maximum Gasteiger partial charge on any atom is 0.127 e. The number of fused-ring (bicyclic) bond motifs is 1. The fourth-order valence-corrected chi connectivity index (χ4v) is 3.27. The Balaban J connectivity index is 2.13. The van der Waals surface area contributed by atoms with E-state index in [2.05, 4.69) is 37.4 Å². The van der Waals surface area contributed by atoms with Crippen molar-refractivity contribution in [2.75, 3.05) is 13.2 Å². The Morgan fingerprint density at radius 2 is 2.00 bits per heavy atom. The summed E-state index contributed by atoms with van der Waals surface area (Å²) in [6.45, 7) is 10.0. The van der Waals surface area contributed by atoms with Gasteiger partial charge in [0.15, 0.2) is 0 Å². The van der Waals surface area contributed by atoms with Gasteiger partial charge in [-0.2, -0.15) is 0 Å². The molecule has 3 heteroatoms. The van der Waals surface area contributed by atoms with E-state index >= 15 is 0 Å². The first-order valence-electron chi connectivity index (χ1n) is 7.68. The van der Waals surface area contributed by atoms with Crippen molar-refractivity contribution in [2.24, 2.45) is 0 Å². The molecule has 0 spiro atoms. The molecule has 112 valence electrons. The monoisotopic (exact) mass is 285 g/mol. The molecule has 3 nitrogen and oxygen atoms in total. The van der Waals surface area contributed by atoms with Gasteiger partial charge in [-0.05, 0) is 38.4 Å². The maximum atomic E-state index is 5.89. The van der Waals surface area contributed by atoms with Crippen molar-refractivity contribution in [1.82, 2.24) is 5.32 Å². The molecule has 0 fully saturated rings. The first-order chi connectivity index (χ1) is 10.1. The van der Waals surface area contributed by atoms with E-state index in [1.54, 1.807) is 0 Å². The topological polar surface area (TPSA) is 34.4 Å². The Labute approximate surface area is 126 Å². The van der Waals surface area contributed by atoms with Gasteiger partial charge in [0, 0.05) is 17.5 Å². The number of rotatable bonds is 4. The SMILES string of the molecule is CCNC(c1cccc2c1OCC2)c1c(C)oc(C)c1C. The lowest BCUT2D eigenvalue weighted by Gasteiger charge is -2.21. The van der Waals surface area contributed by atoms with E-state index < -0.39 is 0 Å². The summed E-state index contributed by atoms with van der Waals surface area (Å²) in [5.41, 5.74) is 5.01. The van der Waals surface area contributed by atoms with Crippen LogP contribution in [0.15, 0.2) is 22.6 Å². The Hall–Kier alpha value is -1.74. The molecule has 1 aliphatic rings. The highest BCUT2D eigenvalue weighted by Crippen LogP contribution is 2.39. The number of ether oxygens (including phenoxy) is 1. The van der Waals surface area contributed by atoms with Gasteiger partial charge < -0.3 is 14.5 Å². The van der Waals surface area contributed by atoms with Crippen LogP contribution in [0.2, 0.25) is 0 Å². The standard InChI is InChI=1S/C18H23NO2/c1-5-19-17(16-11(2)12(3)21-13(16)4)15-8-6-7-14-9-10-20-18(14)15/h6-8,17,19H,5,9-10H2,1-4H3. The third kappa shape index (κ3) is 2.36. The van der Waals surface area contributed by atoms with Crippen LogP contribution in [-0.2, 0) is 6.42 Å². The van der Waals surface area contributed by atoms with E-state index in [0.717, 1.165) is 36.8 Å². The van der Waals surface area contributed by atoms with Gasteiger partial charge >= 0.3 is 0 Å². The van der Waals surface area contributed by atoms with Crippen LogP contribution in [0.25, 0.3) is 0 Å². The fourth-order valence-electron chi connectivity index (χ4n) is 3.27. The van der Waals surface area contributed by atoms with Crippen molar-refractivity contribution < 1.29 is 9.15 Å². The smallest absolute Gasteiger partial charge is 0.127 e. The van der Waals surface area contributed by atoms with Gasteiger partial charge in [0.1, 0.15) is 17.3 Å². The van der Waals surface area contributed by atoms with Crippen molar-refractivity contribution in [3.05, 3.63) is 52.0 Å². The van der Waals surface area contributed by atoms with Crippen LogP contribution in [0.3, 0.4) is 0 Å². The lowest BCUT2D eigenvalue weighted by molar-refractivity contribution is 0.350. The number of furan rings is 1. The highest BCUT2D eigenvalue weighted by atomic mass is 16.5. The molecule has 21 heavy (non-hydrogen) atoms. The Morgan fingerprint density at radius 1 is 1.19 bits per heavy atom. The van der Waals surface area contributed by atoms with Crippen LogP contribution in [-0.4, -0.2) is 13.2 Å². The van der Waals surface area contributed by atoms with Crippen LogP contribution in [0, 0.1) is 20.8 Å². The summed E-state index contributed by atoms with van der Waals surface area (Å²) < 4.78 is 11.7. The van der Waals surface area contributed by atoms with Gasteiger partial charge in [0.05, 0.1) is 12.6 Å². The molecule has 1 atom stereocenters. The Bertz CT molecular complexity index is 657. The number of nitrogens with one attached hydrogen (secondary N) is 1. The summed E-state index contributed by atoms with van der Waals surface area (Å²) >= 11 is 0. The summed E-state index contributed by atoms with van der Waals surface area (Å²) in [4.78, 5) is 0. The summed E-state index contributed by atoms with van der Waals surface area (Å²) in [6, 6.07) is 6.58.